The lowest BCUT2D eigenvalue weighted by Gasteiger charge is -2.43. The molecular formula is C25H38N2O5S. The number of nitrogens with one attached hydrogen (secondary N) is 1. The lowest BCUT2D eigenvalue weighted by atomic mass is 9.68. The molecule has 7 nitrogen and oxygen atoms in total. The average molecular weight is 479 g/mol. The molecule has 4 rings (SSSR count). The van der Waals surface area contributed by atoms with Crippen LogP contribution in [-0.4, -0.2) is 64.7 Å². The molecule has 1 heterocycles. The van der Waals surface area contributed by atoms with Crippen LogP contribution in [0, 0.1) is 16.7 Å². The minimum absolute atomic E-state index is 0.0332. The molecule has 3 aliphatic rings. The van der Waals surface area contributed by atoms with Crippen molar-refractivity contribution in [1.29, 1.82) is 0 Å². The lowest BCUT2D eigenvalue weighted by molar-refractivity contribution is 0.0728. The number of fused-ring (bicyclic) bond motifs is 2. The number of benzene rings is 1. The number of methoxy groups -OCH3 is 1. The third-order valence-corrected chi connectivity index (χ3v) is 10.2. The Balaban J connectivity index is 1.62. The van der Waals surface area contributed by atoms with E-state index in [1.165, 1.54) is 10.7 Å². The first-order valence-electron chi connectivity index (χ1n) is 12.1. The Labute approximate surface area is 198 Å². The molecule has 1 aromatic rings. The fraction of sp³-hybridized carbons (Fsp3) is 0.720. The summed E-state index contributed by atoms with van der Waals surface area (Å²) < 4.78 is 39.0. The molecule has 0 radical (unpaired) electrons. The van der Waals surface area contributed by atoms with Crippen molar-refractivity contribution in [2.24, 2.45) is 16.7 Å². The monoisotopic (exact) mass is 478 g/mol. The minimum Gasteiger partial charge on any atom is -0.385 e. The van der Waals surface area contributed by atoms with Crippen molar-refractivity contribution in [3.8, 4) is 0 Å². The van der Waals surface area contributed by atoms with Gasteiger partial charge in [0.1, 0.15) is 0 Å². The Hall–Kier alpha value is -1.48. The van der Waals surface area contributed by atoms with Crippen molar-refractivity contribution in [3.63, 3.8) is 0 Å². The van der Waals surface area contributed by atoms with Gasteiger partial charge in [-0.1, -0.05) is 26.8 Å². The van der Waals surface area contributed by atoms with Crippen LogP contribution in [0.25, 0.3) is 0 Å². The number of hydrogen-bond acceptors (Lipinski definition) is 5. The highest BCUT2D eigenvalue weighted by Crippen LogP contribution is 2.62. The SMILES string of the molecule is COCCCc1ccc(C(=O)NC2C(C)(C)[C@H]3CC[C@@]2(C)C3)cc1S(=O)(=O)N1CCOCC1. The summed E-state index contributed by atoms with van der Waals surface area (Å²) in [5.74, 6) is 0.428. The highest BCUT2D eigenvalue weighted by Gasteiger charge is 2.59. The normalized spacial score (nSPS) is 29.3. The molecule has 33 heavy (non-hydrogen) atoms. The van der Waals surface area contributed by atoms with E-state index in [0.29, 0.717) is 57.2 Å². The first kappa shape index (κ1) is 24.6. The van der Waals surface area contributed by atoms with E-state index in [0.717, 1.165) is 18.4 Å². The quantitative estimate of drug-likeness (QED) is 0.580. The van der Waals surface area contributed by atoms with Crippen molar-refractivity contribution in [1.82, 2.24) is 9.62 Å². The molecule has 1 amide bonds. The summed E-state index contributed by atoms with van der Waals surface area (Å²) in [4.78, 5) is 13.6. The molecule has 1 aromatic carbocycles. The predicted octanol–water partition coefficient (Wildman–Crippen LogP) is 3.23. The second kappa shape index (κ2) is 9.29. The summed E-state index contributed by atoms with van der Waals surface area (Å²) in [6, 6.07) is 5.21. The Morgan fingerprint density at radius 2 is 1.97 bits per heavy atom. The van der Waals surface area contributed by atoms with Crippen LogP contribution in [-0.2, 0) is 25.9 Å². The number of aryl methyl sites for hydroxylation is 1. The molecule has 3 atom stereocenters. The van der Waals surface area contributed by atoms with Crippen LogP contribution in [0.3, 0.4) is 0 Å². The number of rotatable bonds is 8. The smallest absolute Gasteiger partial charge is 0.251 e. The van der Waals surface area contributed by atoms with Gasteiger partial charge in [-0.25, -0.2) is 8.42 Å². The van der Waals surface area contributed by atoms with E-state index in [4.69, 9.17) is 9.47 Å². The van der Waals surface area contributed by atoms with Crippen LogP contribution >= 0.6 is 0 Å². The van der Waals surface area contributed by atoms with Gasteiger partial charge in [0.2, 0.25) is 10.0 Å². The summed E-state index contributed by atoms with van der Waals surface area (Å²) in [6.45, 7) is 8.75. The van der Waals surface area contributed by atoms with Crippen molar-refractivity contribution >= 4 is 15.9 Å². The molecule has 3 fully saturated rings. The molecule has 2 bridgehead atoms. The summed E-state index contributed by atoms with van der Waals surface area (Å²) in [7, 11) is -2.09. The summed E-state index contributed by atoms with van der Waals surface area (Å²) in [6.07, 6.45) is 4.77. The second-order valence-corrected chi connectivity index (χ2v) is 12.7. The third kappa shape index (κ3) is 4.59. The molecule has 1 aliphatic heterocycles. The molecule has 1 N–H and O–H groups in total. The number of amides is 1. The van der Waals surface area contributed by atoms with Gasteiger partial charge in [0.25, 0.3) is 5.91 Å². The Morgan fingerprint density at radius 3 is 2.61 bits per heavy atom. The van der Waals surface area contributed by atoms with Crippen LogP contribution in [0.5, 0.6) is 0 Å². The summed E-state index contributed by atoms with van der Waals surface area (Å²) >= 11 is 0. The van der Waals surface area contributed by atoms with Crippen LogP contribution in [0.4, 0.5) is 0 Å². The highest BCUT2D eigenvalue weighted by molar-refractivity contribution is 7.89. The molecular weight excluding hydrogens is 440 g/mol. The zero-order valence-corrected chi connectivity index (χ0v) is 21.2. The van der Waals surface area contributed by atoms with Crippen molar-refractivity contribution < 1.29 is 22.7 Å². The number of hydrogen-bond donors (Lipinski definition) is 1. The summed E-state index contributed by atoms with van der Waals surface area (Å²) in [5, 5.41) is 3.30. The van der Waals surface area contributed by atoms with Crippen molar-refractivity contribution in [2.45, 2.75) is 63.8 Å². The maximum absolute atomic E-state index is 13.5. The van der Waals surface area contributed by atoms with E-state index >= 15 is 0 Å². The first-order chi connectivity index (χ1) is 15.6. The number of nitrogens with zero attached hydrogens (tertiary/aromatic N) is 1. The fourth-order valence-electron chi connectivity index (χ4n) is 6.35. The van der Waals surface area contributed by atoms with E-state index < -0.39 is 10.0 Å². The first-order valence-corrected chi connectivity index (χ1v) is 13.5. The van der Waals surface area contributed by atoms with Crippen LogP contribution in [0.1, 0.15) is 62.4 Å². The number of sulfonamides is 1. The third-order valence-electron chi connectivity index (χ3n) is 8.26. The van der Waals surface area contributed by atoms with Gasteiger partial charge in [-0.15, -0.1) is 0 Å². The van der Waals surface area contributed by atoms with Gasteiger partial charge in [0, 0.05) is 38.4 Å². The maximum atomic E-state index is 13.5. The van der Waals surface area contributed by atoms with Crippen LogP contribution < -0.4 is 5.32 Å². The largest absolute Gasteiger partial charge is 0.385 e. The van der Waals surface area contributed by atoms with Crippen molar-refractivity contribution in [2.75, 3.05) is 40.0 Å². The molecule has 184 valence electrons. The molecule has 1 saturated heterocycles. The maximum Gasteiger partial charge on any atom is 0.251 e. The number of morpholine rings is 1. The second-order valence-electron chi connectivity index (χ2n) is 10.8. The Morgan fingerprint density at radius 1 is 1.24 bits per heavy atom. The predicted molar refractivity (Wildman–Crippen MR) is 127 cm³/mol. The highest BCUT2D eigenvalue weighted by atomic mass is 32.2. The zero-order chi connectivity index (χ0) is 23.9. The van der Waals surface area contributed by atoms with Gasteiger partial charge < -0.3 is 14.8 Å². The number of ether oxygens (including phenoxy) is 2. The molecule has 2 aliphatic carbocycles. The van der Waals surface area contributed by atoms with E-state index in [1.54, 1.807) is 25.3 Å². The number of carbonyl (C=O) groups excluding carboxylic acids is 1. The standard InChI is InChI=1S/C25H38N2O5S/c1-24(2)20-9-10-25(3,17-20)23(24)26-22(28)19-8-7-18(6-5-13-31-4)21(16-19)33(29,30)27-11-14-32-15-12-27/h7-8,16,20,23H,5-6,9-15,17H2,1-4H3,(H,26,28)/t20-,23?,25-/m0/s1. The van der Waals surface area contributed by atoms with Gasteiger partial charge in [-0.3, -0.25) is 4.79 Å². The molecule has 0 spiro atoms. The average Bonchev–Trinajstić information content (AvgIpc) is 3.28. The van der Waals surface area contributed by atoms with Crippen LogP contribution in [0.2, 0.25) is 0 Å². The zero-order valence-electron chi connectivity index (χ0n) is 20.4. The van der Waals surface area contributed by atoms with E-state index in [2.05, 4.69) is 26.1 Å². The Kier molecular flexibility index (Phi) is 6.93. The molecule has 1 unspecified atom stereocenters. The fourth-order valence-corrected chi connectivity index (χ4v) is 8.04. The lowest BCUT2D eigenvalue weighted by Crippen LogP contribution is -2.52. The van der Waals surface area contributed by atoms with Crippen molar-refractivity contribution in [3.05, 3.63) is 29.3 Å². The Bertz CT molecular complexity index is 982. The van der Waals surface area contributed by atoms with Gasteiger partial charge in [0.15, 0.2) is 0 Å². The minimum atomic E-state index is -3.72. The topological polar surface area (TPSA) is 84.9 Å². The van der Waals surface area contributed by atoms with Crippen LogP contribution in [0.15, 0.2) is 23.1 Å². The van der Waals surface area contributed by atoms with E-state index in [9.17, 15) is 13.2 Å². The van der Waals surface area contributed by atoms with Gasteiger partial charge in [-0.05, 0) is 66.5 Å². The summed E-state index contributed by atoms with van der Waals surface area (Å²) in [5.41, 5.74) is 1.26. The molecule has 0 aromatic heterocycles. The van der Waals surface area contributed by atoms with Gasteiger partial charge in [0.05, 0.1) is 18.1 Å². The number of carbonyl (C=O) groups is 1. The van der Waals surface area contributed by atoms with Gasteiger partial charge >= 0.3 is 0 Å². The molecule has 2 saturated carbocycles. The van der Waals surface area contributed by atoms with Gasteiger partial charge in [-0.2, -0.15) is 4.31 Å². The van der Waals surface area contributed by atoms with E-state index in [-0.39, 0.29) is 27.7 Å². The molecule has 8 heteroatoms. The van der Waals surface area contributed by atoms with E-state index in [1.807, 2.05) is 0 Å².